The van der Waals surface area contributed by atoms with E-state index in [1.54, 1.807) is 7.11 Å². The third-order valence-corrected chi connectivity index (χ3v) is 1.08. The molecular weight excluding hydrogens is 112 g/mol. The summed E-state index contributed by atoms with van der Waals surface area (Å²) in [6.45, 7) is 3.53. The van der Waals surface area contributed by atoms with Crippen LogP contribution in [0.25, 0.3) is 0 Å². The van der Waals surface area contributed by atoms with Crippen LogP contribution in [0.15, 0.2) is 11.7 Å². The van der Waals surface area contributed by atoms with Gasteiger partial charge in [0.25, 0.3) is 0 Å². The van der Waals surface area contributed by atoms with E-state index in [1.807, 2.05) is 6.26 Å². The molecule has 0 aliphatic carbocycles. The van der Waals surface area contributed by atoms with E-state index in [9.17, 15) is 0 Å². The topological polar surface area (TPSA) is 40.7 Å². The quantitative estimate of drug-likeness (QED) is 0.504. The fourth-order valence-electron chi connectivity index (χ4n) is 0.0833. The van der Waals surface area contributed by atoms with E-state index in [0.29, 0.717) is 0 Å². The monoisotopic (exact) mass is 122 g/mol. The van der Waals surface area contributed by atoms with Crippen LogP contribution < -0.4 is 0 Å². The van der Waals surface area contributed by atoms with Crippen molar-refractivity contribution in [1.82, 2.24) is 0 Å². The van der Waals surface area contributed by atoms with E-state index in [1.165, 1.54) is 11.8 Å². The summed E-state index contributed by atoms with van der Waals surface area (Å²) in [6, 6.07) is 0. The summed E-state index contributed by atoms with van der Waals surface area (Å²) < 4.78 is 4.67. The molecule has 2 nitrogen and oxygen atoms in total. The van der Waals surface area contributed by atoms with Gasteiger partial charge in [0.1, 0.15) is 5.09 Å². The lowest BCUT2D eigenvalue weighted by molar-refractivity contribution is 0.327. The lowest BCUT2D eigenvalue weighted by Crippen LogP contribution is -1.71. The summed E-state index contributed by atoms with van der Waals surface area (Å²) >= 11 is 1.51. The highest BCUT2D eigenvalue weighted by atomic mass is 32.2. The molecule has 2 N–H and O–H groups in total. The van der Waals surface area contributed by atoms with Crippen molar-refractivity contribution in [3.8, 4) is 0 Å². The van der Waals surface area contributed by atoms with Crippen molar-refractivity contribution in [3.05, 3.63) is 11.7 Å². The van der Waals surface area contributed by atoms with Crippen molar-refractivity contribution >= 4 is 11.8 Å². The van der Waals surface area contributed by atoms with Crippen molar-refractivity contribution in [2.24, 2.45) is 0 Å². The Bertz CT molecular complexity index is 47.7. The number of methoxy groups -OCH3 is 1. The van der Waals surface area contributed by atoms with Gasteiger partial charge in [-0.2, -0.15) is 0 Å². The third kappa shape index (κ3) is 5.85. The molecule has 0 aliphatic heterocycles. The molecule has 44 valence electrons. The Labute approximate surface area is 47.9 Å². The predicted molar refractivity (Wildman–Crippen MR) is 33.3 cm³/mol. The lowest BCUT2D eigenvalue weighted by Gasteiger charge is -1.93. The van der Waals surface area contributed by atoms with E-state index in [4.69, 9.17) is 0 Å². The van der Waals surface area contributed by atoms with Crippen LogP contribution in [0.3, 0.4) is 0 Å². The Morgan fingerprint density at radius 2 is 2.14 bits per heavy atom. The smallest absolute Gasteiger partial charge is 0.145 e. The van der Waals surface area contributed by atoms with E-state index in [-0.39, 0.29) is 5.48 Å². The van der Waals surface area contributed by atoms with Crippen molar-refractivity contribution in [2.75, 3.05) is 13.4 Å². The largest absolute Gasteiger partial charge is 0.491 e. The van der Waals surface area contributed by atoms with Gasteiger partial charge >= 0.3 is 0 Å². The fraction of sp³-hybridized carbons (Fsp3) is 0.500. The molecule has 0 atom stereocenters. The summed E-state index contributed by atoms with van der Waals surface area (Å²) in [4.78, 5) is 0. The molecule has 0 aromatic heterocycles. The van der Waals surface area contributed by atoms with E-state index < -0.39 is 0 Å². The van der Waals surface area contributed by atoms with Crippen LogP contribution in [-0.4, -0.2) is 18.8 Å². The molecule has 0 fully saturated rings. The molecule has 0 unspecified atom stereocenters. The van der Waals surface area contributed by atoms with E-state index >= 15 is 0 Å². The first-order chi connectivity index (χ1) is 2.81. The molecule has 3 heteroatoms. The zero-order valence-electron chi connectivity index (χ0n) is 4.52. The average Bonchev–Trinajstić information content (AvgIpc) is 1.65. The molecule has 0 bridgehead atoms. The van der Waals surface area contributed by atoms with E-state index in [2.05, 4.69) is 11.3 Å². The van der Waals surface area contributed by atoms with Gasteiger partial charge in [-0.25, -0.2) is 0 Å². The van der Waals surface area contributed by atoms with Gasteiger partial charge in [0.15, 0.2) is 0 Å². The summed E-state index contributed by atoms with van der Waals surface area (Å²) in [7, 11) is 1.61. The van der Waals surface area contributed by atoms with Gasteiger partial charge in [-0.1, -0.05) is 11.8 Å². The Kier molecular flexibility index (Phi) is 8.33. The van der Waals surface area contributed by atoms with Crippen molar-refractivity contribution in [3.63, 3.8) is 0 Å². The molecule has 0 saturated heterocycles. The second-order valence-corrected chi connectivity index (χ2v) is 1.64. The number of hydrogen-bond donors (Lipinski definition) is 0. The molecule has 0 aliphatic rings. The number of ether oxygens (including phenoxy) is 1. The minimum Gasteiger partial charge on any atom is -0.491 e. The van der Waals surface area contributed by atoms with Crippen LogP contribution >= 0.6 is 11.8 Å². The Morgan fingerprint density at radius 1 is 1.71 bits per heavy atom. The standard InChI is InChI=1S/C4H8OS.H2O/c1-4(5-2)6-3;/h1H2,2-3H3;1H2. The minimum atomic E-state index is 0. The normalized spacial score (nSPS) is 6.57. The van der Waals surface area contributed by atoms with Crippen molar-refractivity contribution in [2.45, 2.75) is 0 Å². The van der Waals surface area contributed by atoms with Gasteiger partial charge in [-0.15, -0.1) is 0 Å². The molecule has 0 heterocycles. The maximum atomic E-state index is 4.67. The zero-order valence-corrected chi connectivity index (χ0v) is 5.34. The first-order valence-corrected chi connectivity index (χ1v) is 2.80. The van der Waals surface area contributed by atoms with Crippen molar-refractivity contribution < 1.29 is 10.2 Å². The molecule has 0 aromatic carbocycles. The first-order valence-electron chi connectivity index (χ1n) is 1.58. The highest BCUT2D eigenvalue weighted by Gasteiger charge is 1.78. The second-order valence-electron chi connectivity index (χ2n) is 0.780. The maximum Gasteiger partial charge on any atom is 0.145 e. The highest BCUT2D eigenvalue weighted by molar-refractivity contribution is 8.02. The van der Waals surface area contributed by atoms with Gasteiger partial charge in [-0.3, -0.25) is 0 Å². The second kappa shape index (κ2) is 5.85. The van der Waals surface area contributed by atoms with Gasteiger partial charge in [0.2, 0.25) is 0 Å². The van der Waals surface area contributed by atoms with Crippen molar-refractivity contribution in [1.29, 1.82) is 0 Å². The molecule has 0 aromatic rings. The van der Waals surface area contributed by atoms with Crippen LogP contribution in [0.2, 0.25) is 0 Å². The molecule has 0 amide bonds. The van der Waals surface area contributed by atoms with Crippen LogP contribution in [0, 0.1) is 0 Å². The summed E-state index contributed by atoms with van der Waals surface area (Å²) in [5, 5.41) is 0.759. The van der Waals surface area contributed by atoms with Gasteiger partial charge < -0.3 is 10.2 Å². The molecule has 0 radical (unpaired) electrons. The first kappa shape index (κ1) is 9.97. The van der Waals surface area contributed by atoms with Gasteiger partial charge in [0.05, 0.1) is 7.11 Å². The number of hydrogen-bond acceptors (Lipinski definition) is 2. The summed E-state index contributed by atoms with van der Waals surface area (Å²) in [6.07, 6.45) is 1.92. The molecule has 0 saturated carbocycles. The SMILES string of the molecule is C=C(OC)SC.O. The number of rotatable bonds is 2. The molecule has 7 heavy (non-hydrogen) atoms. The van der Waals surface area contributed by atoms with E-state index in [0.717, 1.165) is 5.09 Å². The highest BCUT2D eigenvalue weighted by Crippen LogP contribution is 2.06. The fourth-order valence-corrected chi connectivity index (χ4v) is 0.250. The Hall–Kier alpha value is -0.150. The Morgan fingerprint density at radius 3 is 2.14 bits per heavy atom. The maximum absolute atomic E-state index is 4.67. The summed E-state index contributed by atoms with van der Waals surface area (Å²) in [5.41, 5.74) is 0. The summed E-state index contributed by atoms with van der Waals surface area (Å²) in [5.74, 6) is 0. The van der Waals surface area contributed by atoms with Crippen LogP contribution in [0.4, 0.5) is 0 Å². The molecule has 0 spiro atoms. The average molecular weight is 122 g/mol. The minimum absolute atomic E-state index is 0. The number of thioether (sulfide) groups is 1. The molecular formula is C4H10O2S. The van der Waals surface area contributed by atoms with Crippen LogP contribution in [-0.2, 0) is 4.74 Å². The van der Waals surface area contributed by atoms with Crippen LogP contribution in [0.1, 0.15) is 0 Å². The molecule has 0 rings (SSSR count). The van der Waals surface area contributed by atoms with Gasteiger partial charge in [0, 0.05) is 0 Å². The van der Waals surface area contributed by atoms with Gasteiger partial charge in [-0.05, 0) is 12.8 Å². The zero-order chi connectivity index (χ0) is 4.99. The van der Waals surface area contributed by atoms with Crippen LogP contribution in [0.5, 0.6) is 0 Å². The lowest BCUT2D eigenvalue weighted by atomic mass is 11.1. The third-order valence-electron chi connectivity index (χ3n) is 0.455. The predicted octanol–water partition coefficient (Wildman–Crippen LogP) is 0.642. The Balaban J connectivity index is 0.